The summed E-state index contributed by atoms with van der Waals surface area (Å²) >= 11 is 0. The molecule has 4 nitrogen and oxygen atoms in total. The standard InChI is InChI=1S/C20H42O4Si2/c1-13-16(23-25(9,10)19(3,4)5)14-17(15(2)18(21)22)24-26(11,12)20(6,7)8/h13,15-17H,1,14H2,2-12H3,(H,21,22)/t15-,16+,17-/m0/s1. The van der Waals surface area contributed by atoms with E-state index in [1.54, 1.807) is 13.0 Å². The number of carboxylic acids is 1. The highest BCUT2D eigenvalue weighted by molar-refractivity contribution is 6.74. The van der Waals surface area contributed by atoms with E-state index in [0.717, 1.165) is 0 Å². The van der Waals surface area contributed by atoms with Gasteiger partial charge in [-0.1, -0.05) is 47.6 Å². The van der Waals surface area contributed by atoms with Gasteiger partial charge in [-0.05, 0) is 43.2 Å². The lowest BCUT2D eigenvalue weighted by Crippen LogP contribution is -2.49. The average Bonchev–Trinajstić information content (AvgIpc) is 2.41. The molecule has 0 unspecified atom stereocenters. The molecular formula is C20H42O4Si2. The van der Waals surface area contributed by atoms with Gasteiger partial charge >= 0.3 is 5.97 Å². The first kappa shape index (κ1) is 25.6. The topological polar surface area (TPSA) is 55.8 Å². The van der Waals surface area contributed by atoms with E-state index in [0.29, 0.717) is 6.42 Å². The van der Waals surface area contributed by atoms with Crippen molar-refractivity contribution in [2.75, 3.05) is 0 Å². The average molecular weight is 403 g/mol. The molecule has 0 rings (SSSR count). The van der Waals surface area contributed by atoms with E-state index >= 15 is 0 Å². The zero-order valence-electron chi connectivity index (χ0n) is 18.9. The first-order chi connectivity index (χ1) is 11.4. The van der Waals surface area contributed by atoms with E-state index in [9.17, 15) is 9.90 Å². The molecular weight excluding hydrogens is 360 g/mol. The molecule has 0 aliphatic heterocycles. The highest BCUT2D eigenvalue weighted by Gasteiger charge is 2.43. The highest BCUT2D eigenvalue weighted by Crippen LogP contribution is 2.40. The van der Waals surface area contributed by atoms with Gasteiger partial charge in [0.15, 0.2) is 16.6 Å². The minimum absolute atomic E-state index is 0.0213. The normalized spacial score (nSPS) is 17.5. The Bertz CT molecular complexity index is 487. The maximum absolute atomic E-state index is 11.7. The molecule has 0 aliphatic carbocycles. The van der Waals surface area contributed by atoms with Crippen molar-refractivity contribution in [3.8, 4) is 0 Å². The molecule has 0 saturated heterocycles. The van der Waals surface area contributed by atoms with Crippen LogP contribution >= 0.6 is 0 Å². The third kappa shape index (κ3) is 6.94. The van der Waals surface area contributed by atoms with Gasteiger partial charge in [0.05, 0.1) is 18.1 Å². The Morgan fingerprint density at radius 3 is 1.69 bits per heavy atom. The van der Waals surface area contributed by atoms with Crippen LogP contribution in [-0.2, 0) is 13.6 Å². The molecule has 0 spiro atoms. The fourth-order valence-corrected chi connectivity index (χ4v) is 4.76. The van der Waals surface area contributed by atoms with Crippen molar-refractivity contribution in [3.05, 3.63) is 12.7 Å². The van der Waals surface area contributed by atoms with Gasteiger partial charge in [0.1, 0.15) is 0 Å². The molecule has 0 aromatic heterocycles. The Balaban J connectivity index is 5.53. The molecule has 0 aromatic carbocycles. The van der Waals surface area contributed by atoms with Crippen LogP contribution in [-0.4, -0.2) is 39.9 Å². The monoisotopic (exact) mass is 402 g/mol. The molecule has 154 valence electrons. The third-order valence-electron chi connectivity index (χ3n) is 6.18. The van der Waals surface area contributed by atoms with E-state index < -0.39 is 28.5 Å². The maximum Gasteiger partial charge on any atom is 0.308 e. The summed E-state index contributed by atoms with van der Waals surface area (Å²) in [5.41, 5.74) is 0. The number of hydrogen-bond acceptors (Lipinski definition) is 3. The van der Waals surface area contributed by atoms with Crippen LogP contribution in [0.3, 0.4) is 0 Å². The van der Waals surface area contributed by atoms with Crippen LogP contribution in [0.1, 0.15) is 54.9 Å². The van der Waals surface area contributed by atoms with Crippen molar-refractivity contribution in [1.82, 2.24) is 0 Å². The van der Waals surface area contributed by atoms with Gasteiger partial charge in [0.2, 0.25) is 0 Å². The number of aliphatic carboxylic acids is 1. The largest absolute Gasteiger partial charge is 0.481 e. The lowest BCUT2D eigenvalue weighted by atomic mass is 9.99. The van der Waals surface area contributed by atoms with Gasteiger partial charge in [-0.3, -0.25) is 4.79 Å². The molecule has 0 fully saturated rings. The summed E-state index contributed by atoms with van der Waals surface area (Å²) in [4.78, 5) is 11.7. The predicted molar refractivity (Wildman–Crippen MR) is 116 cm³/mol. The van der Waals surface area contributed by atoms with Crippen molar-refractivity contribution >= 4 is 22.6 Å². The first-order valence-corrected chi connectivity index (χ1v) is 15.4. The smallest absolute Gasteiger partial charge is 0.308 e. The van der Waals surface area contributed by atoms with Gasteiger partial charge in [-0.25, -0.2) is 0 Å². The van der Waals surface area contributed by atoms with Crippen molar-refractivity contribution in [2.45, 2.75) is 103 Å². The van der Waals surface area contributed by atoms with Crippen LogP contribution in [0.2, 0.25) is 36.3 Å². The second kappa shape index (κ2) is 8.71. The fourth-order valence-electron chi connectivity index (χ4n) is 2.05. The Morgan fingerprint density at radius 1 is 1.00 bits per heavy atom. The maximum atomic E-state index is 11.7. The van der Waals surface area contributed by atoms with Gasteiger partial charge in [0, 0.05) is 6.42 Å². The number of carbonyl (C=O) groups is 1. The van der Waals surface area contributed by atoms with Gasteiger partial charge in [-0.15, -0.1) is 6.58 Å². The minimum Gasteiger partial charge on any atom is -0.481 e. The zero-order valence-corrected chi connectivity index (χ0v) is 20.9. The molecule has 26 heavy (non-hydrogen) atoms. The summed E-state index contributed by atoms with van der Waals surface area (Å²) in [5.74, 6) is -1.42. The minimum atomic E-state index is -2.09. The second-order valence-corrected chi connectivity index (χ2v) is 19.9. The molecule has 0 aliphatic rings. The van der Waals surface area contributed by atoms with Crippen LogP contribution < -0.4 is 0 Å². The van der Waals surface area contributed by atoms with Gasteiger partial charge in [0.25, 0.3) is 0 Å². The predicted octanol–water partition coefficient (Wildman–Crippen LogP) is 6.06. The van der Waals surface area contributed by atoms with Crippen molar-refractivity contribution in [2.24, 2.45) is 5.92 Å². The Hall–Kier alpha value is -0.436. The first-order valence-electron chi connectivity index (χ1n) is 9.56. The SMILES string of the molecule is C=C[C@H](C[C@H](O[Si](C)(C)C(C)(C)C)[C@H](C)C(=O)O)O[Si](C)(C)C(C)(C)C. The quantitative estimate of drug-likeness (QED) is 0.376. The van der Waals surface area contributed by atoms with Crippen molar-refractivity contribution in [1.29, 1.82) is 0 Å². The van der Waals surface area contributed by atoms with Gasteiger partial charge < -0.3 is 14.0 Å². The number of carboxylic acid groups (broad SMARTS) is 1. The lowest BCUT2D eigenvalue weighted by molar-refractivity contribution is -0.144. The van der Waals surface area contributed by atoms with Crippen LogP contribution in [0.15, 0.2) is 12.7 Å². The zero-order chi connectivity index (χ0) is 21.1. The Labute approximate surface area is 163 Å². The van der Waals surface area contributed by atoms with E-state index in [1.807, 2.05) is 0 Å². The Morgan fingerprint density at radius 2 is 1.38 bits per heavy atom. The Kier molecular flexibility index (Phi) is 8.57. The fraction of sp³-hybridized carbons (Fsp3) is 0.850. The summed E-state index contributed by atoms with van der Waals surface area (Å²) in [7, 11) is -4.07. The summed E-state index contributed by atoms with van der Waals surface area (Å²) in [6.07, 6.45) is 1.74. The molecule has 6 heteroatoms. The molecule has 0 saturated carbocycles. The summed E-state index contributed by atoms with van der Waals surface area (Å²) in [6.45, 7) is 27.5. The highest BCUT2D eigenvalue weighted by atomic mass is 28.4. The number of rotatable bonds is 9. The molecule has 3 atom stereocenters. The van der Waals surface area contributed by atoms with Crippen LogP contribution in [0, 0.1) is 5.92 Å². The van der Waals surface area contributed by atoms with Crippen LogP contribution in [0.5, 0.6) is 0 Å². The third-order valence-corrected chi connectivity index (χ3v) is 15.2. The van der Waals surface area contributed by atoms with Crippen molar-refractivity contribution < 1.29 is 18.8 Å². The molecule has 0 bridgehead atoms. The number of hydrogen-bond donors (Lipinski definition) is 1. The van der Waals surface area contributed by atoms with Crippen molar-refractivity contribution in [3.63, 3.8) is 0 Å². The lowest BCUT2D eigenvalue weighted by Gasteiger charge is -2.42. The molecule has 0 amide bonds. The van der Waals surface area contributed by atoms with Gasteiger partial charge in [-0.2, -0.15) is 0 Å². The summed E-state index contributed by atoms with van der Waals surface area (Å²) in [6, 6.07) is 0. The molecule has 1 N–H and O–H groups in total. The van der Waals surface area contributed by atoms with E-state index in [2.05, 4.69) is 74.3 Å². The second-order valence-electron chi connectivity index (χ2n) is 10.4. The molecule has 0 aromatic rings. The van der Waals surface area contributed by atoms with E-state index in [4.69, 9.17) is 8.85 Å². The molecule has 0 heterocycles. The van der Waals surface area contributed by atoms with E-state index in [-0.39, 0.29) is 22.3 Å². The summed E-state index contributed by atoms with van der Waals surface area (Å²) < 4.78 is 13.0. The van der Waals surface area contributed by atoms with E-state index in [1.165, 1.54) is 0 Å². The van der Waals surface area contributed by atoms with Crippen LogP contribution in [0.4, 0.5) is 0 Å². The van der Waals surface area contributed by atoms with Crippen LogP contribution in [0.25, 0.3) is 0 Å². The summed E-state index contributed by atoms with van der Waals surface area (Å²) in [5, 5.41) is 9.68. The molecule has 0 radical (unpaired) electrons.